The van der Waals surface area contributed by atoms with Gasteiger partial charge >= 0.3 is 0 Å². The van der Waals surface area contributed by atoms with Gasteiger partial charge in [0.05, 0.1) is 6.04 Å². The van der Waals surface area contributed by atoms with Crippen molar-refractivity contribution in [1.29, 1.82) is 0 Å². The molecule has 26 heavy (non-hydrogen) atoms. The Kier molecular flexibility index (Phi) is 4.05. The lowest BCUT2D eigenvalue weighted by Gasteiger charge is -2.16. The topological polar surface area (TPSA) is 58.2 Å². The quantitative estimate of drug-likeness (QED) is 0.545. The maximum absolute atomic E-state index is 12.8. The van der Waals surface area contributed by atoms with E-state index >= 15 is 0 Å². The van der Waals surface area contributed by atoms with Gasteiger partial charge < -0.3 is 10.6 Å². The van der Waals surface area contributed by atoms with Crippen molar-refractivity contribution in [1.82, 2.24) is 10.6 Å². The van der Waals surface area contributed by atoms with Crippen LogP contribution in [0.3, 0.4) is 0 Å². The van der Waals surface area contributed by atoms with Crippen molar-refractivity contribution < 1.29 is 9.59 Å². The molecule has 0 bridgehead atoms. The number of ketones is 1. The number of amides is 1. The molecule has 1 atom stereocenters. The molecule has 130 valence electrons. The molecule has 0 fully saturated rings. The van der Waals surface area contributed by atoms with E-state index in [1.165, 1.54) is 23.1 Å². The molecule has 2 N–H and O–H groups in total. The highest BCUT2D eigenvalue weighted by Gasteiger charge is 2.17. The minimum atomic E-state index is -0.376. The highest BCUT2D eigenvalue weighted by molar-refractivity contribution is 6.26. The van der Waals surface area contributed by atoms with Crippen LogP contribution < -0.4 is 10.6 Å². The number of rotatable bonds is 5. The van der Waals surface area contributed by atoms with Crippen LogP contribution in [-0.4, -0.2) is 31.3 Å². The fourth-order valence-electron chi connectivity index (χ4n) is 3.67. The minimum absolute atomic E-state index is 0.00295. The van der Waals surface area contributed by atoms with Gasteiger partial charge in [0, 0.05) is 12.1 Å². The summed E-state index contributed by atoms with van der Waals surface area (Å²) in [4.78, 5) is 24.3. The van der Waals surface area contributed by atoms with Crippen molar-refractivity contribution in [2.24, 2.45) is 0 Å². The molecular formula is C22H20N2O2. The van der Waals surface area contributed by atoms with Gasteiger partial charge in [-0.25, -0.2) is 0 Å². The average Bonchev–Trinajstić information content (AvgIpc) is 2.66. The molecule has 4 aromatic carbocycles. The van der Waals surface area contributed by atoms with E-state index in [1.54, 1.807) is 7.05 Å². The highest BCUT2D eigenvalue weighted by Crippen LogP contribution is 2.35. The largest absolute Gasteiger partial charge is 0.350 e. The first-order valence-corrected chi connectivity index (χ1v) is 8.72. The number of benzene rings is 4. The number of carbonyl (C=O) groups is 2. The summed E-state index contributed by atoms with van der Waals surface area (Å²) in [6, 6.07) is 18.0. The third-order valence-corrected chi connectivity index (χ3v) is 5.08. The summed E-state index contributed by atoms with van der Waals surface area (Å²) in [7, 11) is 1.72. The number of likely N-dealkylation sites (N-methyl/N-ethyl adjacent to an activating group) is 1. The lowest BCUT2D eigenvalue weighted by molar-refractivity contribution is -0.118. The van der Waals surface area contributed by atoms with Crippen molar-refractivity contribution in [2.45, 2.75) is 13.0 Å². The second-order valence-electron chi connectivity index (χ2n) is 6.63. The molecule has 0 heterocycles. The molecular weight excluding hydrogens is 324 g/mol. The Morgan fingerprint density at radius 2 is 1.50 bits per heavy atom. The van der Waals surface area contributed by atoms with Gasteiger partial charge in [0.1, 0.15) is 5.78 Å². The second-order valence-corrected chi connectivity index (χ2v) is 6.63. The van der Waals surface area contributed by atoms with Crippen molar-refractivity contribution >= 4 is 44.0 Å². The monoisotopic (exact) mass is 344 g/mol. The molecule has 0 spiro atoms. The molecule has 4 heteroatoms. The predicted octanol–water partition coefficient (Wildman–Crippen LogP) is 3.49. The van der Waals surface area contributed by atoms with Crippen LogP contribution in [0.25, 0.3) is 32.3 Å². The van der Waals surface area contributed by atoms with Crippen molar-refractivity contribution in [3.63, 3.8) is 0 Å². The standard InChI is InChI=1S/C22H20N2O2/c1-13(25)19(23-2)12-24-22(26)18-11-9-16-7-6-14-4-3-5-15-8-10-17(18)21(16)20(14)15/h3-11,19,23H,12H2,1-2H3,(H,24,26)/t19-/m0/s1. The highest BCUT2D eigenvalue weighted by atomic mass is 16.2. The molecule has 0 aliphatic carbocycles. The normalized spacial score (nSPS) is 12.7. The second kappa shape index (κ2) is 6.39. The van der Waals surface area contributed by atoms with E-state index in [0.29, 0.717) is 5.56 Å². The fraction of sp³-hybridized carbons (Fsp3) is 0.182. The van der Waals surface area contributed by atoms with Crippen molar-refractivity contribution in [3.8, 4) is 0 Å². The van der Waals surface area contributed by atoms with Gasteiger partial charge in [-0.15, -0.1) is 0 Å². The summed E-state index contributed by atoms with van der Waals surface area (Å²) >= 11 is 0. The van der Waals surface area contributed by atoms with Crippen LogP contribution in [0.2, 0.25) is 0 Å². The lowest BCUT2D eigenvalue weighted by atomic mass is 9.92. The Labute approximate surface area is 151 Å². The third kappa shape index (κ3) is 2.59. The molecule has 1 amide bonds. The predicted molar refractivity (Wildman–Crippen MR) is 106 cm³/mol. The van der Waals surface area contributed by atoms with Gasteiger partial charge in [-0.3, -0.25) is 9.59 Å². The van der Waals surface area contributed by atoms with E-state index in [4.69, 9.17) is 0 Å². The van der Waals surface area contributed by atoms with Crippen LogP contribution in [0.4, 0.5) is 0 Å². The average molecular weight is 344 g/mol. The number of Topliss-reactive ketones (excluding diaryl/α,β-unsaturated/α-hetero) is 1. The Morgan fingerprint density at radius 3 is 2.15 bits per heavy atom. The molecule has 4 aromatic rings. The van der Waals surface area contributed by atoms with E-state index < -0.39 is 0 Å². The summed E-state index contributed by atoms with van der Waals surface area (Å²) in [6.45, 7) is 1.79. The first-order chi connectivity index (χ1) is 12.6. The molecule has 0 radical (unpaired) electrons. The van der Waals surface area contributed by atoms with E-state index in [9.17, 15) is 9.59 Å². The maximum Gasteiger partial charge on any atom is 0.251 e. The summed E-state index contributed by atoms with van der Waals surface area (Å²) in [5, 5.41) is 12.5. The van der Waals surface area contributed by atoms with E-state index in [1.807, 2.05) is 18.2 Å². The molecule has 0 saturated heterocycles. The molecule has 0 aliphatic rings. The Morgan fingerprint density at radius 1 is 0.885 bits per heavy atom. The van der Waals surface area contributed by atoms with E-state index in [-0.39, 0.29) is 24.3 Å². The summed E-state index contributed by atoms with van der Waals surface area (Å²) in [6.07, 6.45) is 0. The smallest absolute Gasteiger partial charge is 0.251 e. The van der Waals surface area contributed by atoms with Gasteiger partial charge in [-0.2, -0.15) is 0 Å². The van der Waals surface area contributed by atoms with Gasteiger partial charge in [-0.05, 0) is 52.4 Å². The van der Waals surface area contributed by atoms with Gasteiger partial charge in [0.15, 0.2) is 0 Å². The van der Waals surface area contributed by atoms with Gasteiger partial charge in [-0.1, -0.05) is 48.5 Å². The molecule has 0 saturated carbocycles. The Balaban J connectivity index is 1.80. The van der Waals surface area contributed by atoms with Crippen LogP contribution in [0.1, 0.15) is 17.3 Å². The summed E-state index contributed by atoms with van der Waals surface area (Å²) in [5.41, 5.74) is 0.633. The van der Waals surface area contributed by atoms with E-state index in [2.05, 4.69) is 47.0 Å². The van der Waals surface area contributed by atoms with Crippen LogP contribution in [-0.2, 0) is 4.79 Å². The number of hydrogen-bond donors (Lipinski definition) is 2. The van der Waals surface area contributed by atoms with Gasteiger partial charge in [0.25, 0.3) is 5.91 Å². The Hall–Kier alpha value is -2.98. The zero-order valence-electron chi connectivity index (χ0n) is 14.8. The first-order valence-electron chi connectivity index (χ1n) is 8.72. The van der Waals surface area contributed by atoms with E-state index in [0.717, 1.165) is 16.2 Å². The molecule has 0 aliphatic heterocycles. The number of nitrogens with one attached hydrogen (secondary N) is 2. The number of carbonyl (C=O) groups excluding carboxylic acids is 2. The Bertz CT molecular complexity index is 1120. The van der Waals surface area contributed by atoms with Gasteiger partial charge in [0.2, 0.25) is 0 Å². The molecule has 0 aromatic heterocycles. The zero-order chi connectivity index (χ0) is 18.3. The van der Waals surface area contributed by atoms with Crippen LogP contribution in [0.5, 0.6) is 0 Å². The molecule has 0 unspecified atom stereocenters. The SMILES string of the molecule is CN[C@@H](CNC(=O)c1ccc2ccc3cccc4ccc1c2c34)C(C)=O. The third-order valence-electron chi connectivity index (χ3n) is 5.08. The minimum Gasteiger partial charge on any atom is -0.350 e. The maximum atomic E-state index is 12.8. The molecule has 4 nitrogen and oxygen atoms in total. The number of hydrogen-bond acceptors (Lipinski definition) is 3. The van der Waals surface area contributed by atoms with Crippen molar-refractivity contribution in [3.05, 3.63) is 60.2 Å². The van der Waals surface area contributed by atoms with Crippen LogP contribution in [0, 0.1) is 0 Å². The summed E-state index contributed by atoms with van der Waals surface area (Å²) < 4.78 is 0. The van der Waals surface area contributed by atoms with Crippen LogP contribution >= 0.6 is 0 Å². The molecule has 4 rings (SSSR count). The first kappa shape index (κ1) is 16.5. The van der Waals surface area contributed by atoms with Crippen molar-refractivity contribution in [2.75, 3.05) is 13.6 Å². The van der Waals surface area contributed by atoms with Crippen LogP contribution in [0.15, 0.2) is 54.6 Å². The zero-order valence-corrected chi connectivity index (χ0v) is 14.8. The summed E-state index contributed by atoms with van der Waals surface area (Å²) in [5.74, 6) is -0.160. The fourth-order valence-corrected chi connectivity index (χ4v) is 3.67. The lowest BCUT2D eigenvalue weighted by Crippen LogP contribution is -2.43.